The number of para-hydroxylation sites is 6. The summed E-state index contributed by atoms with van der Waals surface area (Å²) in [6.07, 6.45) is 11.0. The van der Waals surface area contributed by atoms with Gasteiger partial charge < -0.3 is 59.2 Å². The van der Waals surface area contributed by atoms with Crippen molar-refractivity contribution in [2.24, 2.45) is 0 Å². The van der Waals surface area contributed by atoms with Gasteiger partial charge in [-0.25, -0.2) is 9.59 Å². The Hall–Kier alpha value is -10.1. The van der Waals surface area contributed by atoms with Crippen molar-refractivity contribution in [1.82, 2.24) is 0 Å². The fourth-order valence-electron chi connectivity index (χ4n) is 13.7. The van der Waals surface area contributed by atoms with E-state index in [0.29, 0.717) is 127 Å². The second-order valence-corrected chi connectivity index (χ2v) is 26.6. The van der Waals surface area contributed by atoms with Gasteiger partial charge in [-0.05, 0) is 167 Å². The minimum Gasteiger partial charge on any atom is -0.493 e. The highest BCUT2D eigenvalue weighted by Gasteiger charge is 2.27. The Bertz CT molecular complexity index is 3840. The molecule has 9 aromatic carbocycles. The van der Waals surface area contributed by atoms with Crippen LogP contribution < -0.4 is 59.2 Å². The molecule has 0 heterocycles. The van der Waals surface area contributed by atoms with Crippen molar-refractivity contribution in [3.63, 3.8) is 0 Å². The van der Waals surface area contributed by atoms with Crippen LogP contribution in [0.2, 0.25) is 0 Å². The number of hydrogen-bond donors (Lipinski definition) is 4. The molecule has 0 saturated heterocycles. The molecule has 11 rings (SSSR count). The Balaban J connectivity index is 0.889. The third-order valence-electron chi connectivity index (χ3n) is 18.1. The molecular weight excluding hydrogens is 1270 g/mol. The van der Waals surface area contributed by atoms with Crippen LogP contribution in [0.25, 0.3) is 0 Å². The maximum atomic E-state index is 14.4. The molecule has 0 atom stereocenters. The number of hydrogen-bond acceptors (Lipinski definition) is 10. The lowest BCUT2D eigenvalue weighted by molar-refractivity contribution is 0.261. The average Bonchev–Trinajstić information content (AvgIpc) is 0.789. The monoisotopic (exact) mass is 1370 g/mol. The highest BCUT2D eigenvalue weighted by Crippen LogP contribution is 2.44. The number of anilines is 4. The van der Waals surface area contributed by atoms with Crippen molar-refractivity contribution < 1.29 is 47.5 Å². The second kappa shape index (κ2) is 36.5. The topological polar surface area (TPSA) is 156 Å². The standard InChI is InChI=1S/C88H102N4O10/c1-9-39-95-79-59-23-17-24-60(79)48-64-28-20-32-68(82(64)98-42-12-4)52-72-56-77(55-71(85(72)101-45-15-7)51-67-31-19-27-63(47-59)81(67)97-41-11-3)91-87(93)89-75-35-37-76(38-36-75)90-88(94)92-78-57-73-53-69-33-21-29-65(83(69)99-43-13-5)49-61-25-18-26-62(80(61)96-40-10-2)50-66-30-22-34-70(84(66)100-44-14-6)54-74(58-78)86(73)102-46-16-8/h17-38,55-58H,9-16,39-54H2,1-8H3,(H2,89,91,93)(H2,90,92,94). The molecule has 14 nitrogen and oxygen atoms in total. The summed E-state index contributed by atoms with van der Waals surface area (Å²) >= 11 is 0. The Kier molecular flexibility index (Phi) is 26.2. The van der Waals surface area contributed by atoms with Crippen LogP contribution in [0.4, 0.5) is 32.3 Å². The third-order valence-corrected chi connectivity index (χ3v) is 18.1. The zero-order chi connectivity index (χ0) is 71.2. The van der Waals surface area contributed by atoms with E-state index >= 15 is 0 Å². The van der Waals surface area contributed by atoms with Gasteiger partial charge in [0.15, 0.2) is 0 Å². The van der Waals surface area contributed by atoms with Gasteiger partial charge in [0.1, 0.15) is 46.0 Å². The molecule has 4 amide bonds. The number of carbonyl (C=O) groups excluding carboxylic acids is 2. The predicted octanol–water partition coefficient (Wildman–Crippen LogP) is 20.6. The van der Waals surface area contributed by atoms with Crippen LogP contribution in [0, 0.1) is 0 Å². The zero-order valence-corrected chi connectivity index (χ0v) is 61.1. The molecule has 0 fully saturated rings. The SMILES string of the molecule is CCCOc1c2cccc1Cc1cccc(c1OCCC)Cc1cc(NC(=O)Nc3ccc(NC(=O)Nc4cc5c(OCCC)c(c4)Cc4cccc(c4OCCC)Cc4cccc(c4OCCC)Cc4cccc(c4OCCC)C5)cc3)cc(c1OCCC)Cc1cccc(c1OCCC)C2. The zero-order valence-electron chi connectivity index (χ0n) is 61.1. The van der Waals surface area contributed by atoms with Gasteiger partial charge in [0.2, 0.25) is 0 Å². The Morgan fingerprint density at radius 3 is 0.539 bits per heavy atom. The molecule has 0 aromatic heterocycles. The lowest BCUT2D eigenvalue weighted by Gasteiger charge is -2.23. The molecule has 4 N–H and O–H groups in total. The summed E-state index contributed by atoms with van der Waals surface area (Å²) in [6, 6.07) is 52.9. The van der Waals surface area contributed by atoms with Crippen LogP contribution in [0.3, 0.4) is 0 Å². The number of amides is 4. The quantitative estimate of drug-likeness (QED) is 0.0372. The largest absolute Gasteiger partial charge is 0.493 e. The minimum absolute atomic E-state index is 0.437. The van der Waals surface area contributed by atoms with E-state index in [1.807, 2.05) is 24.3 Å². The highest BCUT2D eigenvalue weighted by atomic mass is 16.5. The van der Waals surface area contributed by atoms with Gasteiger partial charge in [0.25, 0.3) is 0 Å². The molecule has 2 aliphatic rings. The van der Waals surface area contributed by atoms with Gasteiger partial charge in [0.05, 0.1) is 52.9 Å². The molecule has 16 bridgehead atoms. The molecule has 534 valence electrons. The fourth-order valence-corrected chi connectivity index (χ4v) is 13.7. The normalized spacial score (nSPS) is 12.3. The molecule has 9 aromatic rings. The molecule has 102 heavy (non-hydrogen) atoms. The Morgan fingerprint density at radius 1 is 0.225 bits per heavy atom. The highest BCUT2D eigenvalue weighted by molar-refractivity contribution is 6.02. The molecule has 0 unspecified atom stereocenters. The summed E-state index contributed by atoms with van der Waals surface area (Å²) < 4.78 is 54.0. The van der Waals surface area contributed by atoms with E-state index in [1.54, 1.807) is 24.3 Å². The van der Waals surface area contributed by atoms with Gasteiger partial charge in [-0.15, -0.1) is 0 Å². The van der Waals surface area contributed by atoms with Crippen LogP contribution in [0.15, 0.2) is 158 Å². The van der Waals surface area contributed by atoms with Crippen molar-refractivity contribution in [1.29, 1.82) is 0 Å². The smallest absolute Gasteiger partial charge is 0.323 e. The number of benzene rings is 9. The van der Waals surface area contributed by atoms with E-state index in [-0.39, 0.29) is 0 Å². The fraction of sp³-hybridized carbons (Fsp3) is 0.364. The predicted molar refractivity (Wildman–Crippen MR) is 412 cm³/mol. The maximum Gasteiger partial charge on any atom is 0.323 e. The number of ether oxygens (including phenoxy) is 8. The van der Waals surface area contributed by atoms with Gasteiger partial charge >= 0.3 is 12.1 Å². The molecular formula is C88H102N4O10. The number of rotatable bonds is 28. The molecule has 0 saturated carbocycles. The van der Waals surface area contributed by atoms with Crippen LogP contribution >= 0.6 is 0 Å². The van der Waals surface area contributed by atoms with E-state index < -0.39 is 12.1 Å². The van der Waals surface area contributed by atoms with Gasteiger partial charge in [-0.1, -0.05) is 165 Å². The first-order valence-corrected chi connectivity index (χ1v) is 37.3. The lowest BCUT2D eigenvalue weighted by atomic mass is 9.91. The minimum atomic E-state index is -0.437. The summed E-state index contributed by atoms with van der Waals surface area (Å²) in [4.78, 5) is 28.8. The van der Waals surface area contributed by atoms with Gasteiger partial charge in [-0.2, -0.15) is 0 Å². The number of urea groups is 2. The first kappa shape index (κ1) is 73.1. The number of carbonyl (C=O) groups is 2. The number of nitrogens with one attached hydrogen (secondary N) is 4. The average molecular weight is 1380 g/mol. The summed E-state index contributed by atoms with van der Waals surface area (Å²) in [5, 5.41) is 12.5. The molecule has 0 spiro atoms. The van der Waals surface area contributed by atoms with Crippen molar-refractivity contribution in [3.05, 3.63) is 247 Å². The molecule has 0 aliphatic heterocycles. The molecule has 0 radical (unpaired) electrons. The Labute approximate surface area is 604 Å². The van der Waals surface area contributed by atoms with E-state index in [0.717, 1.165) is 186 Å². The van der Waals surface area contributed by atoms with Crippen LogP contribution in [0.5, 0.6) is 46.0 Å². The first-order chi connectivity index (χ1) is 50.0. The molecule has 2 aliphatic carbocycles. The summed E-state index contributed by atoms with van der Waals surface area (Å²) in [5.41, 5.74) is 18.6. The van der Waals surface area contributed by atoms with Crippen LogP contribution in [-0.2, 0) is 51.4 Å². The Morgan fingerprint density at radius 2 is 0.373 bits per heavy atom. The first-order valence-electron chi connectivity index (χ1n) is 37.3. The van der Waals surface area contributed by atoms with Crippen LogP contribution in [0.1, 0.15) is 196 Å². The van der Waals surface area contributed by atoms with Gasteiger partial charge in [0, 0.05) is 96.4 Å². The van der Waals surface area contributed by atoms with Crippen molar-refractivity contribution >= 4 is 34.8 Å². The van der Waals surface area contributed by atoms with E-state index in [4.69, 9.17) is 37.9 Å². The number of fused-ring (bicyclic) bond motifs is 16. The van der Waals surface area contributed by atoms with E-state index in [1.165, 1.54) is 0 Å². The second-order valence-electron chi connectivity index (χ2n) is 26.6. The van der Waals surface area contributed by atoms with Crippen LogP contribution in [-0.4, -0.2) is 64.9 Å². The summed E-state index contributed by atoms with van der Waals surface area (Å²) in [5.74, 6) is 6.74. The summed E-state index contributed by atoms with van der Waals surface area (Å²) in [7, 11) is 0. The lowest BCUT2D eigenvalue weighted by Crippen LogP contribution is -2.21. The third kappa shape index (κ3) is 18.5. The van der Waals surface area contributed by atoms with E-state index in [2.05, 4.69) is 186 Å². The van der Waals surface area contributed by atoms with Crippen molar-refractivity contribution in [3.8, 4) is 46.0 Å². The summed E-state index contributed by atoms with van der Waals surface area (Å²) in [6.45, 7) is 21.4. The van der Waals surface area contributed by atoms with Crippen molar-refractivity contribution in [2.45, 2.75) is 158 Å². The van der Waals surface area contributed by atoms with Crippen molar-refractivity contribution in [2.75, 3.05) is 74.1 Å². The molecule has 14 heteroatoms. The van der Waals surface area contributed by atoms with E-state index in [9.17, 15) is 9.59 Å². The van der Waals surface area contributed by atoms with Gasteiger partial charge in [-0.3, -0.25) is 0 Å². The maximum absolute atomic E-state index is 14.4.